The Bertz CT molecular complexity index is 787. The van der Waals surface area contributed by atoms with E-state index in [9.17, 15) is 19.2 Å². The Labute approximate surface area is 157 Å². The fourth-order valence-electron chi connectivity index (χ4n) is 3.17. The fraction of sp³-hybridized carbons (Fsp3) is 0.474. The number of nitrogens with zero attached hydrogens (tertiary/aromatic N) is 1. The predicted octanol–water partition coefficient (Wildman–Crippen LogP) is 3.16. The van der Waals surface area contributed by atoms with E-state index in [1.54, 1.807) is 26.0 Å². The third-order valence-electron chi connectivity index (χ3n) is 4.67. The molecule has 0 bridgehead atoms. The lowest BCUT2D eigenvalue weighted by molar-refractivity contribution is -0.128. The molecule has 0 saturated carbocycles. The van der Waals surface area contributed by atoms with E-state index >= 15 is 0 Å². The van der Waals surface area contributed by atoms with Crippen LogP contribution in [0.15, 0.2) is 29.4 Å². The van der Waals surface area contributed by atoms with E-state index in [0.717, 1.165) is 0 Å². The average molecular weight is 373 g/mol. The maximum atomic E-state index is 13.2. The first-order chi connectivity index (χ1) is 12.7. The fourth-order valence-corrected chi connectivity index (χ4v) is 3.17. The van der Waals surface area contributed by atoms with Crippen molar-refractivity contribution in [3.05, 3.63) is 35.4 Å². The summed E-state index contributed by atoms with van der Waals surface area (Å²) in [6, 6.07) is 5.13. The van der Waals surface area contributed by atoms with Gasteiger partial charge >= 0.3 is 6.09 Å². The summed E-state index contributed by atoms with van der Waals surface area (Å²) in [7, 11) is 0. The van der Waals surface area contributed by atoms with Crippen molar-refractivity contribution in [1.82, 2.24) is 5.32 Å². The van der Waals surface area contributed by atoms with Gasteiger partial charge in [0.15, 0.2) is 11.6 Å². The number of carbonyl (C=O) groups excluding carboxylic acids is 4. The van der Waals surface area contributed by atoms with Gasteiger partial charge in [-0.3, -0.25) is 14.4 Å². The summed E-state index contributed by atoms with van der Waals surface area (Å²) in [5, 5.41) is 5.40. The minimum Gasteiger partial charge on any atom is -0.449 e. The summed E-state index contributed by atoms with van der Waals surface area (Å²) in [5.74, 6) is -2.78. The maximum Gasteiger partial charge on any atom is 0.407 e. The summed E-state index contributed by atoms with van der Waals surface area (Å²) in [4.78, 5) is 49.8. The zero-order chi connectivity index (χ0) is 20.2. The molecule has 2 rings (SSSR count). The molecule has 1 aromatic carbocycles. The van der Waals surface area contributed by atoms with Crippen LogP contribution in [0.5, 0.6) is 0 Å². The molecule has 1 fully saturated rings. The van der Waals surface area contributed by atoms with Crippen LogP contribution in [0.4, 0.5) is 4.79 Å². The number of nitrogens with one attached hydrogen (secondary N) is 2. The SMILES string of the molecule is CCC[C@@H](C(=O)c1ccccc1C(=O)N=N)C(=O)C1NC(=O)OCC1(C)C. The monoisotopic (exact) mass is 373 g/mol. The Balaban J connectivity index is 2.41. The number of hydrogen-bond acceptors (Lipinski definition) is 6. The lowest BCUT2D eigenvalue weighted by Gasteiger charge is -2.38. The average Bonchev–Trinajstić information content (AvgIpc) is 2.66. The van der Waals surface area contributed by atoms with Crippen molar-refractivity contribution in [2.45, 2.75) is 39.7 Å². The second-order valence-corrected chi connectivity index (χ2v) is 7.21. The minimum absolute atomic E-state index is 0.0123. The predicted molar refractivity (Wildman–Crippen MR) is 95.7 cm³/mol. The third-order valence-corrected chi connectivity index (χ3v) is 4.67. The number of cyclic esters (lactones) is 1. The molecule has 2 amide bonds. The molecule has 0 aromatic heterocycles. The number of rotatable bonds is 7. The normalized spacial score (nSPS) is 19.4. The molecule has 8 heteroatoms. The van der Waals surface area contributed by atoms with E-state index in [0.29, 0.717) is 6.42 Å². The van der Waals surface area contributed by atoms with Crippen molar-refractivity contribution in [2.75, 3.05) is 6.61 Å². The first kappa shape index (κ1) is 20.4. The number of ketones is 2. The van der Waals surface area contributed by atoms with Crippen molar-refractivity contribution in [1.29, 1.82) is 5.53 Å². The smallest absolute Gasteiger partial charge is 0.407 e. The summed E-state index contributed by atoms with van der Waals surface area (Å²) in [5.41, 5.74) is 6.29. The summed E-state index contributed by atoms with van der Waals surface area (Å²) in [6.45, 7) is 5.46. The van der Waals surface area contributed by atoms with Gasteiger partial charge in [-0.05, 0) is 12.5 Å². The van der Waals surface area contributed by atoms with Crippen LogP contribution in [-0.4, -0.2) is 36.2 Å². The molecule has 2 N–H and O–H groups in total. The molecule has 1 aliphatic rings. The van der Waals surface area contributed by atoms with Crippen LogP contribution < -0.4 is 5.32 Å². The number of ether oxygens (including phenoxy) is 1. The van der Waals surface area contributed by atoms with Crippen molar-refractivity contribution in [3.63, 3.8) is 0 Å². The summed E-state index contributed by atoms with van der Waals surface area (Å²) >= 11 is 0. The summed E-state index contributed by atoms with van der Waals surface area (Å²) < 4.78 is 4.96. The molecule has 0 radical (unpaired) electrons. The van der Waals surface area contributed by atoms with Crippen molar-refractivity contribution < 1.29 is 23.9 Å². The molecular formula is C19H23N3O5. The number of alkyl carbamates (subject to hydrolysis) is 1. The van der Waals surface area contributed by atoms with Crippen LogP contribution in [0.25, 0.3) is 0 Å². The highest BCUT2D eigenvalue weighted by Gasteiger charge is 2.45. The number of benzene rings is 1. The van der Waals surface area contributed by atoms with Crippen molar-refractivity contribution >= 4 is 23.6 Å². The van der Waals surface area contributed by atoms with Gasteiger partial charge in [-0.15, -0.1) is 5.11 Å². The van der Waals surface area contributed by atoms with Crippen LogP contribution in [0.1, 0.15) is 54.3 Å². The highest BCUT2D eigenvalue weighted by molar-refractivity contribution is 6.16. The summed E-state index contributed by atoms with van der Waals surface area (Å²) in [6.07, 6.45) is 0.152. The van der Waals surface area contributed by atoms with Crippen LogP contribution >= 0.6 is 0 Å². The van der Waals surface area contributed by atoms with Gasteiger partial charge in [0.1, 0.15) is 6.61 Å². The van der Waals surface area contributed by atoms with E-state index in [-0.39, 0.29) is 24.2 Å². The van der Waals surface area contributed by atoms with Gasteiger partial charge < -0.3 is 10.1 Å². The molecule has 27 heavy (non-hydrogen) atoms. The van der Waals surface area contributed by atoms with Gasteiger partial charge in [-0.25, -0.2) is 10.3 Å². The number of Topliss-reactive ketones (excluding diaryl/α,β-unsaturated/α-hetero) is 2. The molecule has 8 nitrogen and oxygen atoms in total. The highest BCUT2D eigenvalue weighted by Crippen LogP contribution is 2.30. The van der Waals surface area contributed by atoms with Crippen LogP contribution in [0.2, 0.25) is 0 Å². The van der Waals surface area contributed by atoms with Gasteiger partial charge in [0.25, 0.3) is 5.91 Å². The largest absolute Gasteiger partial charge is 0.449 e. The molecule has 1 heterocycles. The zero-order valence-corrected chi connectivity index (χ0v) is 15.6. The molecule has 1 unspecified atom stereocenters. The Morgan fingerprint density at radius 3 is 2.52 bits per heavy atom. The van der Waals surface area contributed by atoms with Gasteiger partial charge in [0.2, 0.25) is 0 Å². The topological polar surface area (TPSA) is 126 Å². The Hall–Kier alpha value is -2.90. The van der Waals surface area contributed by atoms with Gasteiger partial charge in [-0.2, -0.15) is 0 Å². The molecule has 2 atom stereocenters. The van der Waals surface area contributed by atoms with Crippen molar-refractivity contribution in [3.8, 4) is 0 Å². The van der Waals surface area contributed by atoms with E-state index in [1.165, 1.54) is 12.1 Å². The molecule has 0 aliphatic carbocycles. The van der Waals surface area contributed by atoms with E-state index < -0.39 is 40.9 Å². The molecule has 1 saturated heterocycles. The lowest BCUT2D eigenvalue weighted by atomic mass is 9.75. The van der Waals surface area contributed by atoms with E-state index in [2.05, 4.69) is 10.4 Å². The number of carbonyl (C=O) groups is 4. The first-order valence-corrected chi connectivity index (χ1v) is 8.75. The Kier molecular flexibility index (Phi) is 6.20. The maximum absolute atomic E-state index is 13.2. The third kappa shape index (κ3) is 4.27. The Morgan fingerprint density at radius 1 is 1.30 bits per heavy atom. The standard InChI is InChI=1S/C19H23N3O5/c1-4-7-13(15(24)16-19(2,3)10-27-18(26)21-16)14(23)11-8-5-6-9-12(11)17(25)22-20/h5-6,8-9,13,16,20H,4,7,10H2,1-3H3,(H,21,26)/t13-,16?/m0/s1. The van der Waals surface area contributed by atoms with Crippen LogP contribution in [0.3, 0.4) is 0 Å². The van der Waals surface area contributed by atoms with E-state index in [1.807, 2.05) is 6.92 Å². The van der Waals surface area contributed by atoms with Gasteiger partial charge in [0, 0.05) is 11.0 Å². The molecule has 0 spiro atoms. The minimum atomic E-state index is -1.02. The number of hydrogen-bond donors (Lipinski definition) is 2. The zero-order valence-electron chi connectivity index (χ0n) is 15.6. The van der Waals surface area contributed by atoms with Gasteiger partial charge in [-0.1, -0.05) is 45.4 Å². The number of amides is 2. The molecule has 1 aromatic rings. The second-order valence-electron chi connectivity index (χ2n) is 7.21. The van der Waals surface area contributed by atoms with Gasteiger partial charge in [0.05, 0.1) is 17.5 Å². The van der Waals surface area contributed by atoms with Crippen LogP contribution in [-0.2, 0) is 9.53 Å². The lowest BCUT2D eigenvalue weighted by Crippen LogP contribution is -2.58. The molecule has 144 valence electrons. The van der Waals surface area contributed by atoms with E-state index in [4.69, 9.17) is 10.3 Å². The second kappa shape index (κ2) is 8.20. The van der Waals surface area contributed by atoms with Crippen molar-refractivity contribution in [2.24, 2.45) is 16.4 Å². The quantitative estimate of drug-likeness (QED) is 0.431. The molecular weight excluding hydrogens is 350 g/mol. The van der Waals surface area contributed by atoms with Crippen LogP contribution in [0, 0.1) is 16.9 Å². The Morgan fingerprint density at radius 2 is 1.93 bits per heavy atom. The first-order valence-electron chi connectivity index (χ1n) is 8.75. The highest BCUT2D eigenvalue weighted by atomic mass is 16.6. The molecule has 1 aliphatic heterocycles.